The normalized spacial score (nSPS) is 22.8. The van der Waals surface area contributed by atoms with Gasteiger partial charge in [-0.2, -0.15) is 0 Å². The van der Waals surface area contributed by atoms with Gasteiger partial charge in [0.2, 0.25) is 5.91 Å². The minimum Gasteiger partial charge on any atom is -0.481 e. The summed E-state index contributed by atoms with van der Waals surface area (Å²) < 4.78 is 0.955. The van der Waals surface area contributed by atoms with Gasteiger partial charge in [-0.15, -0.1) is 0 Å². The van der Waals surface area contributed by atoms with Crippen molar-refractivity contribution in [1.29, 1.82) is 0 Å². The highest BCUT2D eigenvalue weighted by Gasteiger charge is 2.35. The van der Waals surface area contributed by atoms with Crippen molar-refractivity contribution >= 4 is 40.2 Å². The monoisotopic (exact) mass is 373 g/mol. The number of para-hydroxylation sites is 1. The minimum absolute atomic E-state index is 0.170. The van der Waals surface area contributed by atoms with E-state index in [1.54, 1.807) is 0 Å². The smallest absolute Gasteiger partial charge is 0.307 e. The second-order valence-electron chi connectivity index (χ2n) is 4.80. The largest absolute Gasteiger partial charge is 0.481 e. The Kier molecular flexibility index (Phi) is 4.79. The second-order valence-corrected chi connectivity index (χ2v) is 5.97. The van der Waals surface area contributed by atoms with E-state index in [0.29, 0.717) is 12.8 Å². The molecule has 2 rings (SSSR count). The third kappa shape index (κ3) is 3.46. The number of hydrogen-bond acceptors (Lipinski definition) is 2. The van der Waals surface area contributed by atoms with Crippen molar-refractivity contribution < 1.29 is 14.7 Å². The summed E-state index contributed by atoms with van der Waals surface area (Å²) in [5.41, 5.74) is 0.753. The van der Waals surface area contributed by atoms with E-state index < -0.39 is 17.8 Å². The lowest BCUT2D eigenvalue weighted by atomic mass is 9.78. The van der Waals surface area contributed by atoms with Crippen LogP contribution in [0.5, 0.6) is 0 Å². The molecule has 5 heteroatoms. The molecule has 0 bridgehead atoms. The van der Waals surface area contributed by atoms with E-state index in [4.69, 9.17) is 0 Å². The van der Waals surface area contributed by atoms with Gasteiger partial charge in [-0.05, 0) is 47.6 Å². The van der Waals surface area contributed by atoms with Crippen LogP contribution in [0.25, 0.3) is 0 Å². The lowest BCUT2D eigenvalue weighted by molar-refractivity contribution is -0.147. The van der Waals surface area contributed by atoms with Crippen molar-refractivity contribution in [3.63, 3.8) is 0 Å². The molecule has 0 spiro atoms. The lowest BCUT2D eigenvalue weighted by Gasteiger charge is -2.27. The molecule has 1 saturated carbocycles. The predicted octanol–water partition coefficient (Wildman–Crippen LogP) is 3.12. The van der Waals surface area contributed by atoms with Crippen molar-refractivity contribution in [1.82, 2.24) is 0 Å². The van der Waals surface area contributed by atoms with Crippen molar-refractivity contribution in [2.24, 2.45) is 11.8 Å². The van der Waals surface area contributed by atoms with Gasteiger partial charge >= 0.3 is 5.97 Å². The first-order valence-electron chi connectivity index (χ1n) is 6.38. The summed E-state index contributed by atoms with van der Waals surface area (Å²) >= 11 is 2.15. The zero-order chi connectivity index (χ0) is 13.8. The van der Waals surface area contributed by atoms with Gasteiger partial charge in [0.25, 0.3) is 0 Å². The number of amides is 1. The molecule has 0 saturated heterocycles. The zero-order valence-corrected chi connectivity index (χ0v) is 12.6. The molecular formula is C14H16INO3. The van der Waals surface area contributed by atoms with Gasteiger partial charge < -0.3 is 10.4 Å². The maximum absolute atomic E-state index is 12.3. The molecule has 102 valence electrons. The Hall–Kier alpha value is -1.11. The van der Waals surface area contributed by atoms with Crippen molar-refractivity contribution in [2.75, 3.05) is 5.32 Å². The summed E-state index contributed by atoms with van der Waals surface area (Å²) in [6.07, 6.45) is 3.07. The average molecular weight is 373 g/mol. The highest BCUT2D eigenvalue weighted by atomic mass is 127. The predicted molar refractivity (Wildman–Crippen MR) is 80.9 cm³/mol. The van der Waals surface area contributed by atoms with Crippen LogP contribution in [0.2, 0.25) is 0 Å². The van der Waals surface area contributed by atoms with E-state index >= 15 is 0 Å². The van der Waals surface area contributed by atoms with Gasteiger partial charge in [-0.3, -0.25) is 9.59 Å². The molecule has 1 aliphatic carbocycles. The molecule has 0 aromatic heterocycles. The van der Waals surface area contributed by atoms with Gasteiger partial charge in [0.05, 0.1) is 17.5 Å². The van der Waals surface area contributed by atoms with Gasteiger partial charge in [0, 0.05) is 3.57 Å². The lowest BCUT2D eigenvalue weighted by Crippen LogP contribution is -2.36. The minimum atomic E-state index is -0.859. The van der Waals surface area contributed by atoms with E-state index in [2.05, 4.69) is 27.9 Å². The number of carboxylic acids is 1. The fourth-order valence-electron chi connectivity index (χ4n) is 2.53. The van der Waals surface area contributed by atoms with E-state index in [1.807, 2.05) is 24.3 Å². The fourth-order valence-corrected chi connectivity index (χ4v) is 3.05. The van der Waals surface area contributed by atoms with E-state index in [1.165, 1.54) is 0 Å². The van der Waals surface area contributed by atoms with Crippen LogP contribution >= 0.6 is 22.6 Å². The number of halogens is 1. The zero-order valence-electron chi connectivity index (χ0n) is 10.4. The molecule has 0 unspecified atom stereocenters. The molecule has 0 radical (unpaired) electrons. The second kappa shape index (κ2) is 6.36. The Morgan fingerprint density at radius 2 is 1.79 bits per heavy atom. The summed E-state index contributed by atoms with van der Waals surface area (Å²) in [5.74, 6) is -1.99. The molecule has 1 aromatic rings. The van der Waals surface area contributed by atoms with E-state index in [0.717, 1.165) is 22.1 Å². The summed E-state index contributed by atoms with van der Waals surface area (Å²) in [5, 5.41) is 12.1. The molecule has 4 nitrogen and oxygen atoms in total. The summed E-state index contributed by atoms with van der Waals surface area (Å²) in [6, 6.07) is 7.50. The summed E-state index contributed by atoms with van der Waals surface area (Å²) in [6.45, 7) is 0. The van der Waals surface area contributed by atoms with Crippen LogP contribution in [0.15, 0.2) is 24.3 Å². The number of carbonyl (C=O) groups excluding carboxylic acids is 1. The Bertz CT molecular complexity index is 489. The summed E-state index contributed by atoms with van der Waals surface area (Å²) in [4.78, 5) is 23.5. The fraction of sp³-hybridized carbons (Fsp3) is 0.429. The van der Waals surface area contributed by atoms with Crippen LogP contribution < -0.4 is 5.32 Å². The number of anilines is 1. The molecule has 0 heterocycles. The first-order chi connectivity index (χ1) is 9.09. The molecule has 2 atom stereocenters. The number of nitrogens with one attached hydrogen (secondary N) is 1. The number of carboxylic acid groups (broad SMARTS) is 1. The Labute approximate surface area is 125 Å². The van der Waals surface area contributed by atoms with Crippen molar-refractivity contribution in [3.05, 3.63) is 27.8 Å². The van der Waals surface area contributed by atoms with Gasteiger partial charge in [-0.25, -0.2) is 0 Å². The van der Waals surface area contributed by atoms with Gasteiger partial charge in [0.15, 0.2) is 0 Å². The quantitative estimate of drug-likeness (QED) is 0.801. The Morgan fingerprint density at radius 1 is 1.16 bits per heavy atom. The topological polar surface area (TPSA) is 66.4 Å². The van der Waals surface area contributed by atoms with Crippen LogP contribution in [0.1, 0.15) is 25.7 Å². The Balaban J connectivity index is 2.10. The number of benzene rings is 1. The van der Waals surface area contributed by atoms with Crippen molar-refractivity contribution in [3.8, 4) is 0 Å². The van der Waals surface area contributed by atoms with Gasteiger partial charge in [-0.1, -0.05) is 25.0 Å². The van der Waals surface area contributed by atoms with Crippen molar-refractivity contribution in [2.45, 2.75) is 25.7 Å². The summed E-state index contributed by atoms with van der Waals surface area (Å²) in [7, 11) is 0. The number of rotatable bonds is 3. The standard InChI is InChI=1S/C14H16INO3/c15-11-7-3-4-8-12(11)16-13(17)9-5-1-2-6-10(9)14(18)19/h3-4,7-10H,1-2,5-6H2,(H,16,17)(H,18,19)/t9-,10+/m0/s1. The molecule has 1 aliphatic rings. The molecule has 19 heavy (non-hydrogen) atoms. The number of hydrogen-bond donors (Lipinski definition) is 2. The highest BCUT2D eigenvalue weighted by Crippen LogP contribution is 2.31. The molecule has 2 N–H and O–H groups in total. The molecule has 1 fully saturated rings. The van der Waals surface area contributed by atoms with E-state index in [9.17, 15) is 14.7 Å². The van der Waals surface area contributed by atoms with Crippen LogP contribution in [0.4, 0.5) is 5.69 Å². The molecule has 0 aliphatic heterocycles. The SMILES string of the molecule is O=C(Nc1ccccc1I)[C@H]1CCCC[C@H]1C(=O)O. The number of aliphatic carboxylic acids is 1. The van der Waals surface area contributed by atoms with Gasteiger partial charge in [0.1, 0.15) is 0 Å². The van der Waals surface area contributed by atoms with Crippen LogP contribution in [-0.4, -0.2) is 17.0 Å². The van der Waals surface area contributed by atoms with E-state index in [-0.39, 0.29) is 5.91 Å². The third-order valence-corrected chi connectivity index (χ3v) is 4.49. The average Bonchev–Trinajstić information content (AvgIpc) is 2.41. The van der Waals surface area contributed by atoms with Crippen LogP contribution in [0, 0.1) is 15.4 Å². The maximum Gasteiger partial charge on any atom is 0.307 e. The highest BCUT2D eigenvalue weighted by molar-refractivity contribution is 14.1. The van der Waals surface area contributed by atoms with Crippen LogP contribution in [0.3, 0.4) is 0 Å². The molecule has 1 aromatic carbocycles. The molecule has 1 amide bonds. The third-order valence-electron chi connectivity index (χ3n) is 3.55. The first kappa shape index (κ1) is 14.3. The van der Waals surface area contributed by atoms with Crippen LogP contribution in [-0.2, 0) is 9.59 Å². The maximum atomic E-state index is 12.3. The Morgan fingerprint density at radius 3 is 2.42 bits per heavy atom. The molecular weight excluding hydrogens is 357 g/mol. The number of carbonyl (C=O) groups is 2. The first-order valence-corrected chi connectivity index (χ1v) is 7.45.